The number of benzene rings is 1. The third kappa shape index (κ3) is 2.62. The van der Waals surface area contributed by atoms with Crippen LogP contribution in [0.4, 0.5) is 5.82 Å². The van der Waals surface area contributed by atoms with Gasteiger partial charge in [-0.1, -0.05) is 12.1 Å². The highest BCUT2D eigenvalue weighted by molar-refractivity contribution is 7.95. The Bertz CT molecular complexity index is 634. The van der Waals surface area contributed by atoms with Crippen LogP contribution in [-0.4, -0.2) is 21.5 Å². The maximum atomic E-state index is 5.36. The Morgan fingerprint density at radius 1 is 1.30 bits per heavy atom. The van der Waals surface area contributed by atoms with Gasteiger partial charge in [0.25, 0.3) is 0 Å². The number of rotatable bonds is 4. The van der Waals surface area contributed by atoms with Gasteiger partial charge < -0.3 is 9.46 Å². The summed E-state index contributed by atoms with van der Waals surface area (Å²) in [5, 5.41) is 0. The largest absolute Gasteiger partial charge is 0.496 e. The summed E-state index contributed by atoms with van der Waals surface area (Å²) in [6, 6.07) is 9.64. The first-order chi connectivity index (χ1) is 9.86. The van der Waals surface area contributed by atoms with Crippen LogP contribution in [0.3, 0.4) is 0 Å². The van der Waals surface area contributed by atoms with Crippen LogP contribution in [0.25, 0.3) is 11.3 Å². The van der Waals surface area contributed by atoms with Crippen LogP contribution < -0.4 is 14.9 Å². The van der Waals surface area contributed by atoms with E-state index in [4.69, 9.17) is 4.74 Å². The maximum Gasteiger partial charge on any atom is 0.149 e. The number of methoxy groups -OCH3 is 1. The molecule has 0 fully saturated rings. The van der Waals surface area contributed by atoms with E-state index in [0.717, 1.165) is 17.0 Å². The van der Waals surface area contributed by atoms with Crippen molar-refractivity contribution >= 4 is 18.0 Å². The van der Waals surface area contributed by atoms with Gasteiger partial charge in [0.15, 0.2) is 0 Å². The average molecular weight is 287 g/mol. The number of hydrogen-bond acceptors (Lipinski definition) is 7. The minimum Gasteiger partial charge on any atom is -0.496 e. The van der Waals surface area contributed by atoms with E-state index in [1.54, 1.807) is 7.11 Å². The first-order valence-corrected chi connectivity index (χ1v) is 6.74. The molecule has 0 spiro atoms. The van der Waals surface area contributed by atoms with Crippen molar-refractivity contribution < 1.29 is 4.74 Å². The van der Waals surface area contributed by atoms with E-state index >= 15 is 0 Å². The fourth-order valence-corrected chi connectivity index (χ4v) is 2.31. The SMILES string of the molecule is COc1ccccc1-c1cc(NN2C=CNS2)ncn1. The van der Waals surface area contributed by atoms with Crippen molar-refractivity contribution in [3.05, 3.63) is 49.1 Å². The standard InChI is InChI=1S/C13H13N5OS/c1-19-12-5-3-2-4-10(12)11-8-13(15-9-14-11)17-18-7-6-16-20-18/h2-9,16H,1H3,(H,14,15,17). The molecule has 0 aliphatic carbocycles. The average Bonchev–Trinajstić information content (AvgIpc) is 3.00. The molecule has 0 unspecified atom stereocenters. The molecule has 2 aromatic rings. The number of ether oxygens (including phenoxy) is 1. The van der Waals surface area contributed by atoms with Gasteiger partial charge in [-0.25, -0.2) is 14.4 Å². The smallest absolute Gasteiger partial charge is 0.149 e. The maximum absolute atomic E-state index is 5.36. The van der Waals surface area contributed by atoms with E-state index in [-0.39, 0.29) is 0 Å². The van der Waals surface area contributed by atoms with E-state index in [1.807, 2.05) is 47.1 Å². The molecule has 0 bridgehead atoms. The lowest BCUT2D eigenvalue weighted by atomic mass is 10.1. The Balaban J connectivity index is 1.88. The van der Waals surface area contributed by atoms with E-state index < -0.39 is 0 Å². The summed E-state index contributed by atoms with van der Waals surface area (Å²) in [5.41, 5.74) is 4.88. The lowest BCUT2D eigenvalue weighted by molar-refractivity contribution is 0.416. The third-order valence-electron chi connectivity index (χ3n) is 2.70. The number of nitrogens with one attached hydrogen (secondary N) is 2. The lowest BCUT2D eigenvalue weighted by Crippen LogP contribution is -2.16. The molecule has 1 aliphatic heterocycles. The molecular formula is C13H13N5OS. The summed E-state index contributed by atoms with van der Waals surface area (Å²) < 4.78 is 10.2. The van der Waals surface area contributed by atoms with Crippen LogP contribution in [0.15, 0.2) is 49.1 Å². The monoisotopic (exact) mass is 287 g/mol. The highest BCUT2D eigenvalue weighted by Gasteiger charge is 2.10. The van der Waals surface area contributed by atoms with E-state index in [1.165, 1.54) is 18.5 Å². The van der Waals surface area contributed by atoms with Crippen molar-refractivity contribution in [2.24, 2.45) is 0 Å². The van der Waals surface area contributed by atoms with E-state index in [0.29, 0.717) is 5.82 Å². The van der Waals surface area contributed by atoms with Crippen molar-refractivity contribution in [2.75, 3.05) is 12.5 Å². The Hall–Kier alpha value is -2.41. The molecule has 102 valence electrons. The van der Waals surface area contributed by atoms with E-state index in [9.17, 15) is 0 Å². The van der Waals surface area contributed by atoms with Crippen LogP contribution in [-0.2, 0) is 0 Å². The number of hydrogen-bond donors (Lipinski definition) is 2. The molecule has 0 saturated carbocycles. The molecule has 20 heavy (non-hydrogen) atoms. The van der Waals surface area contributed by atoms with E-state index in [2.05, 4.69) is 20.1 Å². The normalized spacial score (nSPS) is 13.2. The van der Waals surface area contributed by atoms with Gasteiger partial charge in [-0.15, -0.1) is 0 Å². The van der Waals surface area contributed by atoms with Crippen LogP contribution >= 0.6 is 12.1 Å². The number of hydrazine groups is 1. The molecule has 2 N–H and O–H groups in total. The summed E-state index contributed by atoms with van der Waals surface area (Å²) in [5.74, 6) is 1.50. The van der Waals surface area contributed by atoms with Crippen LogP contribution in [0.1, 0.15) is 0 Å². The molecule has 7 heteroatoms. The molecule has 6 nitrogen and oxygen atoms in total. The fourth-order valence-electron chi connectivity index (χ4n) is 1.81. The van der Waals surface area contributed by atoms with Gasteiger partial charge in [-0.05, 0) is 12.1 Å². The summed E-state index contributed by atoms with van der Waals surface area (Å²) in [6.45, 7) is 0. The minimum absolute atomic E-state index is 0.710. The first kappa shape index (κ1) is 12.6. The lowest BCUT2D eigenvalue weighted by Gasteiger charge is -2.15. The van der Waals surface area contributed by atoms with Gasteiger partial charge in [-0.3, -0.25) is 5.43 Å². The topological polar surface area (TPSA) is 62.3 Å². The van der Waals surface area contributed by atoms with Gasteiger partial charge in [0.1, 0.15) is 17.9 Å². The second-order valence-electron chi connectivity index (χ2n) is 3.95. The van der Waals surface area contributed by atoms with Crippen LogP contribution in [0, 0.1) is 0 Å². The summed E-state index contributed by atoms with van der Waals surface area (Å²) in [7, 11) is 1.65. The molecule has 2 heterocycles. The molecule has 0 radical (unpaired) electrons. The molecular weight excluding hydrogens is 274 g/mol. The van der Waals surface area contributed by atoms with Crippen LogP contribution in [0.5, 0.6) is 5.75 Å². The number of anilines is 1. The second kappa shape index (κ2) is 5.70. The predicted octanol–water partition coefficient (Wildman–Crippen LogP) is 2.42. The fraction of sp³-hybridized carbons (Fsp3) is 0.0769. The van der Waals surface area contributed by atoms with Gasteiger partial charge in [-0.2, -0.15) is 0 Å². The van der Waals surface area contributed by atoms with Gasteiger partial charge >= 0.3 is 0 Å². The van der Waals surface area contributed by atoms with Crippen molar-refractivity contribution in [3.63, 3.8) is 0 Å². The Kier molecular flexibility index (Phi) is 3.60. The molecule has 0 atom stereocenters. The molecule has 3 rings (SSSR count). The molecule has 1 aromatic heterocycles. The predicted molar refractivity (Wildman–Crippen MR) is 79.3 cm³/mol. The van der Waals surface area contributed by atoms with Crippen molar-refractivity contribution in [1.29, 1.82) is 0 Å². The highest BCUT2D eigenvalue weighted by Crippen LogP contribution is 2.29. The molecule has 0 saturated heterocycles. The summed E-state index contributed by atoms with van der Waals surface area (Å²) in [4.78, 5) is 8.51. The Morgan fingerprint density at radius 2 is 2.20 bits per heavy atom. The Morgan fingerprint density at radius 3 is 3.00 bits per heavy atom. The zero-order valence-corrected chi connectivity index (χ0v) is 11.6. The van der Waals surface area contributed by atoms with Crippen LogP contribution in [0.2, 0.25) is 0 Å². The van der Waals surface area contributed by atoms with Gasteiger partial charge in [0.05, 0.1) is 31.1 Å². The van der Waals surface area contributed by atoms with Gasteiger partial charge in [0.2, 0.25) is 0 Å². The summed E-state index contributed by atoms with van der Waals surface area (Å²) >= 11 is 1.42. The van der Waals surface area contributed by atoms with Crippen molar-refractivity contribution in [3.8, 4) is 17.0 Å². The highest BCUT2D eigenvalue weighted by atomic mass is 32.2. The zero-order valence-electron chi connectivity index (χ0n) is 10.8. The number of nitrogens with zero attached hydrogens (tertiary/aromatic N) is 3. The number of aromatic nitrogens is 2. The van der Waals surface area contributed by atoms with Crippen molar-refractivity contribution in [2.45, 2.75) is 0 Å². The molecule has 1 aromatic carbocycles. The minimum atomic E-state index is 0.710. The number of para-hydroxylation sites is 1. The quantitative estimate of drug-likeness (QED) is 0.837. The summed E-state index contributed by atoms with van der Waals surface area (Å²) in [6.07, 6.45) is 5.23. The van der Waals surface area contributed by atoms with Gasteiger partial charge in [0, 0.05) is 17.8 Å². The third-order valence-corrected chi connectivity index (χ3v) is 3.35. The molecule has 0 amide bonds. The zero-order chi connectivity index (χ0) is 13.8. The molecule has 1 aliphatic rings. The first-order valence-electron chi connectivity index (χ1n) is 5.97. The second-order valence-corrected chi connectivity index (χ2v) is 4.76. The Labute approximate surface area is 121 Å². The van der Waals surface area contributed by atoms with Crippen molar-refractivity contribution in [1.82, 2.24) is 19.1 Å².